The Balaban J connectivity index is 1.95. The van der Waals surface area contributed by atoms with E-state index in [9.17, 15) is 0 Å². The Bertz CT molecular complexity index is 1120. The summed E-state index contributed by atoms with van der Waals surface area (Å²) < 4.78 is 11.3. The molecule has 128 valence electrons. The Morgan fingerprint density at radius 3 is 2.38 bits per heavy atom. The van der Waals surface area contributed by atoms with Gasteiger partial charge in [-0.1, -0.05) is 29.8 Å². The second-order valence-corrected chi connectivity index (χ2v) is 6.25. The van der Waals surface area contributed by atoms with E-state index >= 15 is 0 Å². The van der Waals surface area contributed by atoms with E-state index in [2.05, 4.69) is 0 Å². The molecule has 0 aliphatic carbocycles. The van der Waals surface area contributed by atoms with Crippen molar-refractivity contribution in [3.63, 3.8) is 0 Å². The molecule has 26 heavy (non-hydrogen) atoms. The van der Waals surface area contributed by atoms with E-state index in [1.807, 2.05) is 78.9 Å². The molecule has 0 unspecified atom stereocenters. The summed E-state index contributed by atoms with van der Waals surface area (Å²) in [7, 11) is 1.65. The van der Waals surface area contributed by atoms with Crippen molar-refractivity contribution in [2.75, 3.05) is 7.11 Å². The van der Waals surface area contributed by atoms with Gasteiger partial charge in [0.25, 0.3) is 0 Å². The Kier molecular flexibility index (Phi) is 4.46. The Hall–Kier alpha value is -3.04. The first-order chi connectivity index (χ1) is 12.7. The Morgan fingerprint density at radius 1 is 0.885 bits per heavy atom. The van der Waals surface area contributed by atoms with Gasteiger partial charge in [0.1, 0.15) is 17.1 Å². The van der Waals surface area contributed by atoms with Gasteiger partial charge < -0.3 is 9.15 Å². The number of hydrogen-bond acceptors (Lipinski definition) is 3. The Labute approximate surface area is 156 Å². The number of methoxy groups -OCH3 is 1. The van der Waals surface area contributed by atoms with Crippen molar-refractivity contribution in [1.29, 1.82) is 0 Å². The van der Waals surface area contributed by atoms with E-state index in [0.29, 0.717) is 5.02 Å². The van der Waals surface area contributed by atoms with Crippen molar-refractivity contribution in [3.05, 3.63) is 89.2 Å². The van der Waals surface area contributed by atoms with E-state index in [0.717, 1.165) is 39.1 Å². The summed E-state index contributed by atoms with van der Waals surface area (Å²) >= 11 is 6.19. The van der Waals surface area contributed by atoms with E-state index in [1.165, 1.54) is 0 Å². The summed E-state index contributed by atoms with van der Waals surface area (Å²) in [5, 5.41) is 2.33. The maximum atomic E-state index is 6.19. The molecule has 0 N–H and O–H groups in total. The second-order valence-electron chi connectivity index (χ2n) is 5.81. The summed E-state index contributed by atoms with van der Waals surface area (Å²) in [4.78, 5) is 4.79. The van der Waals surface area contributed by atoms with Crippen molar-refractivity contribution < 1.29 is 9.15 Å². The summed E-state index contributed by atoms with van der Waals surface area (Å²) in [5.74, 6) is 1.53. The molecule has 0 saturated heterocycles. The maximum absolute atomic E-state index is 6.19. The van der Waals surface area contributed by atoms with Gasteiger partial charge in [-0.2, -0.15) is 0 Å². The van der Waals surface area contributed by atoms with Crippen LogP contribution in [0, 0.1) is 0 Å². The van der Waals surface area contributed by atoms with Gasteiger partial charge in [0, 0.05) is 22.0 Å². The van der Waals surface area contributed by atoms with Gasteiger partial charge in [-0.05, 0) is 54.6 Å². The topological polar surface area (TPSA) is 34.7 Å². The molecule has 3 nitrogen and oxygen atoms in total. The summed E-state index contributed by atoms with van der Waals surface area (Å²) in [6, 6.07) is 25.1. The van der Waals surface area contributed by atoms with Crippen LogP contribution >= 0.6 is 11.6 Å². The first kappa shape index (κ1) is 16.4. The van der Waals surface area contributed by atoms with Crippen LogP contribution in [0.4, 0.5) is 5.69 Å². The van der Waals surface area contributed by atoms with Crippen molar-refractivity contribution in [3.8, 4) is 17.1 Å². The van der Waals surface area contributed by atoms with Crippen LogP contribution in [0.3, 0.4) is 0 Å². The predicted molar refractivity (Wildman–Crippen MR) is 105 cm³/mol. The zero-order valence-electron chi connectivity index (χ0n) is 14.1. The van der Waals surface area contributed by atoms with E-state index in [4.69, 9.17) is 25.7 Å². The van der Waals surface area contributed by atoms with Crippen LogP contribution in [0.25, 0.3) is 22.3 Å². The molecule has 3 aromatic carbocycles. The highest BCUT2D eigenvalue weighted by Gasteiger charge is 2.07. The second kappa shape index (κ2) is 7.06. The first-order valence-corrected chi connectivity index (χ1v) is 8.58. The van der Waals surface area contributed by atoms with Gasteiger partial charge in [-0.25, -0.2) is 4.99 Å². The lowest BCUT2D eigenvalue weighted by molar-refractivity contribution is 0.415. The molecule has 0 aliphatic rings. The fourth-order valence-electron chi connectivity index (χ4n) is 2.77. The highest BCUT2D eigenvalue weighted by atomic mass is 35.5. The number of hydrogen-bond donors (Lipinski definition) is 0. The normalized spacial score (nSPS) is 11.7. The van der Waals surface area contributed by atoms with Crippen LogP contribution in [0.1, 0.15) is 0 Å². The lowest BCUT2D eigenvalue weighted by Crippen LogP contribution is -2.03. The molecule has 0 aliphatic heterocycles. The van der Waals surface area contributed by atoms with Gasteiger partial charge in [-0.3, -0.25) is 0 Å². The van der Waals surface area contributed by atoms with Gasteiger partial charge >= 0.3 is 0 Å². The molecule has 0 amide bonds. The maximum Gasteiger partial charge on any atom is 0.136 e. The monoisotopic (exact) mass is 361 g/mol. The SMILES string of the molecule is COc1ccc(-c2cc(=Nc3ccccc3)c3cc(Cl)ccc3o2)cc1. The summed E-state index contributed by atoms with van der Waals surface area (Å²) in [6.45, 7) is 0. The minimum atomic E-state index is 0.648. The third-order valence-electron chi connectivity index (χ3n) is 4.09. The molecule has 1 aromatic heterocycles. The van der Waals surface area contributed by atoms with Gasteiger partial charge in [0.2, 0.25) is 0 Å². The Morgan fingerprint density at radius 2 is 1.65 bits per heavy atom. The molecule has 0 spiro atoms. The molecular formula is C22H16ClNO2. The van der Waals surface area contributed by atoms with Crippen molar-refractivity contribution >= 4 is 28.3 Å². The minimum absolute atomic E-state index is 0.648. The molecule has 4 rings (SSSR count). The zero-order valence-corrected chi connectivity index (χ0v) is 14.9. The lowest BCUT2D eigenvalue weighted by Gasteiger charge is -2.06. The largest absolute Gasteiger partial charge is 0.497 e. The lowest BCUT2D eigenvalue weighted by atomic mass is 10.1. The van der Waals surface area contributed by atoms with Crippen molar-refractivity contribution in [2.45, 2.75) is 0 Å². The van der Waals surface area contributed by atoms with Gasteiger partial charge in [0.05, 0.1) is 18.2 Å². The molecule has 0 atom stereocenters. The molecule has 4 aromatic rings. The summed E-state index contributed by atoms with van der Waals surface area (Å²) in [6.07, 6.45) is 0. The third kappa shape index (κ3) is 3.35. The number of fused-ring (bicyclic) bond motifs is 1. The third-order valence-corrected chi connectivity index (χ3v) is 4.32. The zero-order chi connectivity index (χ0) is 17.9. The van der Waals surface area contributed by atoms with E-state index < -0.39 is 0 Å². The van der Waals surface area contributed by atoms with Crippen LogP contribution in [0.5, 0.6) is 5.75 Å². The minimum Gasteiger partial charge on any atom is -0.497 e. The van der Waals surface area contributed by atoms with Crippen molar-refractivity contribution in [1.82, 2.24) is 0 Å². The molecule has 0 fully saturated rings. The summed E-state index contributed by atoms with van der Waals surface area (Å²) in [5.41, 5.74) is 2.56. The number of ether oxygens (including phenoxy) is 1. The fraction of sp³-hybridized carbons (Fsp3) is 0.0455. The van der Waals surface area contributed by atoms with Crippen LogP contribution in [0.15, 0.2) is 88.3 Å². The molecule has 0 saturated carbocycles. The number of halogens is 1. The molecular weight excluding hydrogens is 346 g/mol. The number of nitrogens with zero attached hydrogens (tertiary/aromatic N) is 1. The van der Waals surface area contributed by atoms with Crippen LogP contribution in [-0.4, -0.2) is 7.11 Å². The highest BCUT2D eigenvalue weighted by molar-refractivity contribution is 6.31. The standard InChI is InChI=1S/C22H16ClNO2/c1-25-18-10-7-15(8-11-18)22-14-20(24-17-5-3-2-4-6-17)19-13-16(23)9-12-21(19)26-22/h2-14H,1H3. The molecule has 4 heteroatoms. The fourth-order valence-corrected chi connectivity index (χ4v) is 2.94. The van der Waals surface area contributed by atoms with Crippen molar-refractivity contribution in [2.24, 2.45) is 4.99 Å². The smallest absolute Gasteiger partial charge is 0.136 e. The molecule has 0 radical (unpaired) electrons. The number of para-hydroxylation sites is 1. The van der Waals surface area contributed by atoms with E-state index in [-0.39, 0.29) is 0 Å². The number of rotatable bonds is 3. The van der Waals surface area contributed by atoms with E-state index in [1.54, 1.807) is 7.11 Å². The average molecular weight is 362 g/mol. The average Bonchev–Trinajstić information content (AvgIpc) is 2.69. The molecule has 0 bridgehead atoms. The first-order valence-electron chi connectivity index (χ1n) is 8.20. The number of benzene rings is 3. The highest BCUT2D eigenvalue weighted by Crippen LogP contribution is 2.26. The quantitative estimate of drug-likeness (QED) is 0.449. The molecule has 1 heterocycles. The van der Waals surface area contributed by atoms with Gasteiger partial charge in [-0.15, -0.1) is 0 Å². The predicted octanol–water partition coefficient (Wildman–Crippen LogP) is 5.99. The van der Waals surface area contributed by atoms with Crippen LogP contribution in [0.2, 0.25) is 5.02 Å². The van der Waals surface area contributed by atoms with Gasteiger partial charge in [0.15, 0.2) is 0 Å². The van der Waals surface area contributed by atoms with Crippen LogP contribution < -0.4 is 10.1 Å². The van der Waals surface area contributed by atoms with Crippen LogP contribution in [-0.2, 0) is 0 Å².